The van der Waals surface area contributed by atoms with Crippen molar-refractivity contribution in [2.75, 3.05) is 11.5 Å². The predicted molar refractivity (Wildman–Crippen MR) is 108 cm³/mol. The highest BCUT2D eigenvalue weighted by atomic mass is 127. The van der Waals surface area contributed by atoms with Gasteiger partial charge in [-0.2, -0.15) is 17.6 Å². The lowest BCUT2D eigenvalue weighted by Gasteiger charge is -2.02. The zero-order valence-electron chi connectivity index (χ0n) is 14.3. The number of benzene rings is 2. The first-order valence-corrected chi connectivity index (χ1v) is 11.2. The molecule has 0 aliphatic carbocycles. The van der Waals surface area contributed by atoms with Crippen molar-refractivity contribution < 1.29 is 49.5 Å². The summed E-state index contributed by atoms with van der Waals surface area (Å²) in [4.78, 5) is 0. The van der Waals surface area contributed by atoms with Gasteiger partial charge in [0.05, 0.1) is 7.14 Å². The molecule has 168 valence electrons. The second-order valence-electron chi connectivity index (χ2n) is 5.39. The molecule has 1 aliphatic heterocycles. The zero-order chi connectivity index (χ0) is 23.3. The van der Waals surface area contributed by atoms with E-state index in [1.165, 1.54) is 12.8 Å². The number of phenols is 2. The third-order valence-corrected chi connectivity index (χ3v) is 6.75. The average Bonchev–Trinajstić information content (AvgIpc) is 3.22. The summed E-state index contributed by atoms with van der Waals surface area (Å²) in [5, 5.41) is 16.9. The van der Waals surface area contributed by atoms with Crippen molar-refractivity contribution in [3.8, 4) is 11.5 Å². The van der Waals surface area contributed by atoms with E-state index in [4.69, 9.17) is 10.2 Å². The van der Waals surface area contributed by atoms with Crippen LogP contribution >= 0.6 is 45.2 Å². The summed E-state index contributed by atoms with van der Waals surface area (Å²) >= 11 is 2.19. The number of aromatic hydroxyl groups is 2. The van der Waals surface area contributed by atoms with Crippen LogP contribution in [0.2, 0.25) is 0 Å². The van der Waals surface area contributed by atoms with Crippen LogP contribution in [0, 0.1) is 53.7 Å². The van der Waals surface area contributed by atoms with E-state index in [1.54, 1.807) is 0 Å². The minimum atomic E-state index is -1.78. The summed E-state index contributed by atoms with van der Waals surface area (Å²) in [6.07, 6.45) is 2.37. The standard InChI is InChI=1S/2C6HF4IO.C4H8OS/c2*7-1-3(9)6(12)4(10)2(8)5(1)11;5-6-3-1-2-4-6/h2*12H;1-4H2. The van der Waals surface area contributed by atoms with E-state index in [-0.39, 0.29) is 0 Å². The fourth-order valence-electron chi connectivity index (χ4n) is 1.81. The molecule has 1 saturated heterocycles. The number of halogens is 10. The second kappa shape index (κ2) is 11.6. The van der Waals surface area contributed by atoms with E-state index in [0.717, 1.165) is 56.7 Å². The van der Waals surface area contributed by atoms with Crippen LogP contribution in [0.3, 0.4) is 0 Å². The maximum absolute atomic E-state index is 12.5. The van der Waals surface area contributed by atoms with Gasteiger partial charge >= 0.3 is 0 Å². The molecule has 2 aromatic rings. The smallest absolute Gasteiger partial charge is 0.204 e. The summed E-state index contributed by atoms with van der Waals surface area (Å²) in [5.74, 6) is -14.8. The first-order chi connectivity index (χ1) is 13.8. The fraction of sp³-hybridized carbons (Fsp3) is 0.250. The van der Waals surface area contributed by atoms with Crippen molar-refractivity contribution in [3.05, 3.63) is 53.7 Å². The van der Waals surface area contributed by atoms with Crippen molar-refractivity contribution in [1.29, 1.82) is 0 Å². The Hall–Kier alpha value is -0.910. The van der Waals surface area contributed by atoms with Gasteiger partial charge in [0.15, 0.2) is 34.8 Å². The Morgan fingerprint density at radius 1 is 0.567 bits per heavy atom. The molecular formula is C16H10F8I2O3S. The first-order valence-electron chi connectivity index (χ1n) is 7.58. The number of rotatable bonds is 0. The Balaban J connectivity index is 0.000000237. The molecule has 1 fully saturated rings. The predicted octanol–water partition coefficient (Wildman–Crippen LogP) is 5.64. The lowest BCUT2D eigenvalue weighted by molar-refractivity contribution is 0.353. The molecule has 0 unspecified atom stereocenters. The Morgan fingerprint density at radius 3 is 0.967 bits per heavy atom. The highest BCUT2D eigenvalue weighted by Gasteiger charge is 2.24. The second-order valence-corrected chi connectivity index (χ2v) is 9.25. The molecule has 14 heteroatoms. The highest BCUT2D eigenvalue weighted by Crippen LogP contribution is 2.30. The highest BCUT2D eigenvalue weighted by molar-refractivity contribution is 14.1. The molecular weight excluding hydrogens is 678 g/mol. The van der Waals surface area contributed by atoms with Crippen LogP contribution in [0.15, 0.2) is 0 Å². The Kier molecular flexibility index (Phi) is 10.5. The van der Waals surface area contributed by atoms with Gasteiger partial charge in [-0.05, 0) is 58.0 Å². The molecule has 0 spiro atoms. The van der Waals surface area contributed by atoms with Gasteiger partial charge in [-0.3, -0.25) is 4.21 Å². The Bertz CT molecular complexity index is 689. The van der Waals surface area contributed by atoms with Gasteiger partial charge in [-0.25, -0.2) is 17.6 Å². The van der Waals surface area contributed by atoms with Gasteiger partial charge < -0.3 is 10.2 Å². The molecule has 0 aromatic heterocycles. The number of hydrogen-bond donors (Lipinski definition) is 2. The Labute approximate surface area is 194 Å². The summed E-state index contributed by atoms with van der Waals surface area (Å²) in [6, 6.07) is 0. The maximum Gasteiger partial charge on any atom is 0.204 e. The van der Waals surface area contributed by atoms with E-state index >= 15 is 0 Å². The summed E-state index contributed by atoms with van der Waals surface area (Å²) in [5.41, 5.74) is 0. The molecule has 30 heavy (non-hydrogen) atoms. The fourth-order valence-corrected chi connectivity index (χ4v) is 4.02. The van der Waals surface area contributed by atoms with Gasteiger partial charge in [-0.1, -0.05) is 0 Å². The maximum atomic E-state index is 12.5. The molecule has 1 heterocycles. The molecule has 0 radical (unpaired) electrons. The molecule has 0 atom stereocenters. The molecule has 0 saturated carbocycles. The Morgan fingerprint density at radius 2 is 0.800 bits per heavy atom. The number of hydrogen-bond acceptors (Lipinski definition) is 3. The number of phenolic OH excluding ortho intramolecular Hbond substituents is 2. The summed E-state index contributed by atoms with van der Waals surface area (Å²) in [7, 11) is -0.423. The first kappa shape index (κ1) is 27.1. The van der Waals surface area contributed by atoms with E-state index in [2.05, 4.69) is 0 Å². The van der Waals surface area contributed by atoms with Crippen LogP contribution < -0.4 is 0 Å². The molecule has 0 amide bonds. The van der Waals surface area contributed by atoms with Crippen LogP contribution in [0.1, 0.15) is 12.8 Å². The zero-order valence-corrected chi connectivity index (χ0v) is 19.5. The largest absolute Gasteiger partial charge is 0.503 e. The lowest BCUT2D eigenvalue weighted by atomic mass is 10.3. The minimum absolute atomic E-state index is 0.423. The van der Waals surface area contributed by atoms with Crippen LogP contribution in [0.5, 0.6) is 11.5 Å². The molecule has 2 N–H and O–H groups in total. The molecule has 3 rings (SSSR count). The van der Waals surface area contributed by atoms with Crippen molar-refractivity contribution in [1.82, 2.24) is 0 Å². The van der Waals surface area contributed by atoms with Crippen LogP contribution in [0.25, 0.3) is 0 Å². The van der Waals surface area contributed by atoms with E-state index in [9.17, 15) is 39.3 Å². The van der Waals surface area contributed by atoms with Crippen LogP contribution in [-0.4, -0.2) is 25.9 Å². The van der Waals surface area contributed by atoms with Gasteiger partial charge in [0.2, 0.25) is 23.3 Å². The van der Waals surface area contributed by atoms with E-state index in [0.29, 0.717) is 0 Å². The summed E-state index contributed by atoms with van der Waals surface area (Å²) in [6.45, 7) is 0. The van der Waals surface area contributed by atoms with Crippen LogP contribution in [-0.2, 0) is 10.8 Å². The van der Waals surface area contributed by atoms with Gasteiger partial charge in [0, 0.05) is 22.3 Å². The van der Waals surface area contributed by atoms with Crippen LogP contribution in [0.4, 0.5) is 35.1 Å². The lowest BCUT2D eigenvalue weighted by Crippen LogP contribution is -1.98. The van der Waals surface area contributed by atoms with Crippen molar-refractivity contribution in [2.45, 2.75) is 12.8 Å². The minimum Gasteiger partial charge on any atom is -0.503 e. The molecule has 3 nitrogen and oxygen atoms in total. The monoisotopic (exact) mass is 688 g/mol. The van der Waals surface area contributed by atoms with Gasteiger partial charge in [-0.15, -0.1) is 0 Å². The molecule has 2 aromatic carbocycles. The third-order valence-electron chi connectivity index (χ3n) is 3.37. The van der Waals surface area contributed by atoms with Gasteiger partial charge in [0.25, 0.3) is 0 Å². The molecule has 0 bridgehead atoms. The molecule has 1 aliphatic rings. The third kappa shape index (κ3) is 6.30. The van der Waals surface area contributed by atoms with E-state index < -0.39 is 76.0 Å². The average molecular weight is 688 g/mol. The quantitative estimate of drug-likeness (QED) is 0.163. The summed E-state index contributed by atoms with van der Waals surface area (Å²) < 4.78 is 108. The van der Waals surface area contributed by atoms with Gasteiger partial charge in [0.1, 0.15) is 0 Å². The van der Waals surface area contributed by atoms with Crippen molar-refractivity contribution in [3.63, 3.8) is 0 Å². The topological polar surface area (TPSA) is 57.5 Å². The SMILES string of the molecule is O=S1CCCC1.Oc1c(F)c(F)c(I)c(F)c1F.Oc1c(F)c(F)c(I)c(F)c1F. The van der Waals surface area contributed by atoms with E-state index in [1.807, 2.05) is 0 Å². The van der Waals surface area contributed by atoms with Crippen molar-refractivity contribution in [2.24, 2.45) is 0 Å². The normalized spacial score (nSPS) is 13.4. The van der Waals surface area contributed by atoms with Crippen molar-refractivity contribution >= 4 is 56.0 Å².